The van der Waals surface area contributed by atoms with Crippen molar-refractivity contribution in [1.29, 1.82) is 0 Å². The van der Waals surface area contributed by atoms with Gasteiger partial charge in [-0.25, -0.2) is 0 Å². The number of rotatable bonds is 4. The van der Waals surface area contributed by atoms with Crippen molar-refractivity contribution in [2.75, 3.05) is 16.8 Å². The zero-order valence-electron chi connectivity index (χ0n) is 13.7. The monoisotopic (exact) mass is 312 g/mol. The van der Waals surface area contributed by atoms with Crippen molar-refractivity contribution in [2.24, 2.45) is 17.8 Å². The van der Waals surface area contributed by atoms with Gasteiger partial charge >= 0.3 is 0 Å². The highest BCUT2D eigenvalue weighted by Gasteiger charge is 2.36. The van der Waals surface area contributed by atoms with E-state index in [-0.39, 0.29) is 23.7 Å². The van der Waals surface area contributed by atoms with Crippen molar-refractivity contribution in [1.82, 2.24) is 0 Å². The number of nitrogens with zero attached hydrogens (tertiary/aromatic N) is 1. The summed E-state index contributed by atoms with van der Waals surface area (Å²) in [5.41, 5.74) is 3.09. The lowest BCUT2D eigenvalue weighted by molar-refractivity contribution is -0.120. The molecule has 1 aromatic carbocycles. The predicted molar refractivity (Wildman–Crippen MR) is 90.4 cm³/mol. The molecule has 1 N–H and O–H groups in total. The molecule has 2 amide bonds. The Morgan fingerprint density at radius 2 is 2.00 bits per heavy atom. The van der Waals surface area contributed by atoms with Crippen molar-refractivity contribution in [3.8, 4) is 0 Å². The Hall–Kier alpha value is -1.84. The standard InChI is InChI=1S/C19H24N2O2/c1-12(13-4-5-13)18(22)20-16-8-9-17-15(11-16)3-2-10-21(17)19(23)14-6-7-14/h8-9,11-14H,2-7,10H2,1H3,(H,20,22). The first-order chi connectivity index (χ1) is 11.1. The highest BCUT2D eigenvalue weighted by atomic mass is 16.2. The summed E-state index contributed by atoms with van der Waals surface area (Å²) in [6.45, 7) is 2.84. The van der Waals surface area contributed by atoms with Crippen molar-refractivity contribution in [2.45, 2.75) is 45.4 Å². The molecule has 4 rings (SSSR count). The lowest BCUT2D eigenvalue weighted by Gasteiger charge is -2.30. The minimum atomic E-state index is 0.0963. The van der Waals surface area contributed by atoms with E-state index in [0.29, 0.717) is 5.92 Å². The summed E-state index contributed by atoms with van der Waals surface area (Å²) in [7, 11) is 0. The summed E-state index contributed by atoms with van der Waals surface area (Å²) in [6, 6.07) is 6.00. The SMILES string of the molecule is CC(C(=O)Nc1ccc2c(c1)CCCN2C(=O)C1CC1)C1CC1. The van der Waals surface area contributed by atoms with Crippen LogP contribution in [0.5, 0.6) is 0 Å². The van der Waals surface area contributed by atoms with Crippen molar-refractivity contribution in [3.05, 3.63) is 23.8 Å². The van der Waals surface area contributed by atoms with Gasteiger partial charge in [0, 0.05) is 29.8 Å². The Balaban J connectivity index is 1.50. The Kier molecular flexibility index (Phi) is 3.63. The molecule has 0 bridgehead atoms. The summed E-state index contributed by atoms with van der Waals surface area (Å²) in [5.74, 6) is 1.32. The second-order valence-corrected chi connectivity index (χ2v) is 7.33. The predicted octanol–water partition coefficient (Wildman–Crippen LogP) is 3.36. The first kappa shape index (κ1) is 14.7. The van der Waals surface area contributed by atoms with Crippen LogP contribution in [-0.4, -0.2) is 18.4 Å². The maximum atomic E-state index is 12.4. The zero-order valence-corrected chi connectivity index (χ0v) is 13.7. The van der Waals surface area contributed by atoms with Crippen LogP contribution >= 0.6 is 0 Å². The minimum Gasteiger partial charge on any atom is -0.326 e. The molecule has 2 fully saturated rings. The Bertz CT molecular complexity index is 647. The molecule has 23 heavy (non-hydrogen) atoms. The van der Waals surface area contributed by atoms with Gasteiger partial charge in [0.2, 0.25) is 11.8 Å². The smallest absolute Gasteiger partial charge is 0.230 e. The minimum absolute atomic E-state index is 0.0963. The van der Waals surface area contributed by atoms with Gasteiger partial charge in [-0.05, 0) is 68.2 Å². The number of nitrogens with one attached hydrogen (secondary N) is 1. The first-order valence-corrected chi connectivity index (χ1v) is 8.88. The topological polar surface area (TPSA) is 49.4 Å². The van der Waals surface area contributed by atoms with Crippen LogP contribution in [0.25, 0.3) is 0 Å². The molecule has 1 heterocycles. The van der Waals surface area contributed by atoms with Gasteiger partial charge in [-0.2, -0.15) is 0 Å². The fourth-order valence-corrected chi connectivity index (χ4v) is 3.52. The molecule has 4 nitrogen and oxygen atoms in total. The van der Waals surface area contributed by atoms with Crippen LogP contribution in [0.1, 0.15) is 44.6 Å². The van der Waals surface area contributed by atoms with Crippen LogP contribution < -0.4 is 10.2 Å². The molecule has 0 aromatic heterocycles. The lowest BCUT2D eigenvalue weighted by atomic mass is 10.00. The van der Waals surface area contributed by atoms with E-state index in [9.17, 15) is 9.59 Å². The molecule has 0 saturated heterocycles. The van der Waals surface area contributed by atoms with E-state index in [4.69, 9.17) is 0 Å². The van der Waals surface area contributed by atoms with Gasteiger partial charge in [-0.15, -0.1) is 0 Å². The lowest BCUT2D eigenvalue weighted by Crippen LogP contribution is -2.36. The Labute approximate surface area is 137 Å². The largest absolute Gasteiger partial charge is 0.326 e. The maximum Gasteiger partial charge on any atom is 0.230 e. The number of benzene rings is 1. The summed E-state index contributed by atoms with van der Waals surface area (Å²) in [4.78, 5) is 26.6. The first-order valence-electron chi connectivity index (χ1n) is 8.88. The van der Waals surface area contributed by atoms with Gasteiger partial charge in [0.25, 0.3) is 0 Å². The van der Waals surface area contributed by atoms with Crippen LogP contribution in [0.2, 0.25) is 0 Å². The quantitative estimate of drug-likeness (QED) is 0.927. The number of carbonyl (C=O) groups excluding carboxylic acids is 2. The van der Waals surface area contributed by atoms with Gasteiger partial charge in [-0.1, -0.05) is 6.92 Å². The molecule has 1 unspecified atom stereocenters. The summed E-state index contributed by atoms with van der Waals surface area (Å²) in [6.07, 6.45) is 6.41. The van der Waals surface area contributed by atoms with E-state index < -0.39 is 0 Å². The number of amides is 2. The average Bonchev–Trinajstić information content (AvgIpc) is 3.44. The van der Waals surface area contributed by atoms with E-state index in [1.807, 2.05) is 24.0 Å². The molecule has 0 radical (unpaired) electrons. The third-order valence-electron chi connectivity index (χ3n) is 5.40. The van der Waals surface area contributed by atoms with Gasteiger partial charge in [0.15, 0.2) is 0 Å². The summed E-state index contributed by atoms with van der Waals surface area (Å²) >= 11 is 0. The molecule has 4 heteroatoms. The van der Waals surface area contributed by atoms with E-state index in [2.05, 4.69) is 11.4 Å². The highest BCUT2D eigenvalue weighted by Crippen LogP contribution is 2.38. The fourth-order valence-electron chi connectivity index (χ4n) is 3.52. The molecule has 122 valence electrons. The third-order valence-corrected chi connectivity index (χ3v) is 5.40. The molecule has 2 aliphatic carbocycles. The van der Waals surface area contributed by atoms with E-state index in [1.165, 1.54) is 18.4 Å². The average molecular weight is 312 g/mol. The van der Waals surface area contributed by atoms with E-state index >= 15 is 0 Å². The van der Waals surface area contributed by atoms with E-state index in [0.717, 1.165) is 43.6 Å². The van der Waals surface area contributed by atoms with Crippen LogP contribution in [0, 0.1) is 17.8 Å². The zero-order chi connectivity index (χ0) is 16.0. The number of hydrogen-bond donors (Lipinski definition) is 1. The Morgan fingerprint density at radius 1 is 1.22 bits per heavy atom. The molecule has 1 atom stereocenters. The number of carbonyl (C=O) groups is 2. The van der Waals surface area contributed by atoms with Crippen LogP contribution in [0.4, 0.5) is 11.4 Å². The second-order valence-electron chi connectivity index (χ2n) is 7.33. The molecule has 1 aliphatic heterocycles. The molecule has 1 aromatic rings. The van der Waals surface area contributed by atoms with Crippen LogP contribution in [0.3, 0.4) is 0 Å². The van der Waals surface area contributed by atoms with Gasteiger partial charge < -0.3 is 10.2 Å². The number of anilines is 2. The normalized spacial score (nSPS) is 21.5. The fraction of sp³-hybridized carbons (Fsp3) is 0.579. The Morgan fingerprint density at radius 3 is 2.70 bits per heavy atom. The highest BCUT2D eigenvalue weighted by molar-refractivity contribution is 5.98. The van der Waals surface area contributed by atoms with Crippen molar-refractivity contribution >= 4 is 23.2 Å². The van der Waals surface area contributed by atoms with Gasteiger partial charge in [-0.3, -0.25) is 9.59 Å². The molecular weight excluding hydrogens is 288 g/mol. The summed E-state index contributed by atoms with van der Waals surface area (Å²) < 4.78 is 0. The maximum absolute atomic E-state index is 12.4. The van der Waals surface area contributed by atoms with Gasteiger partial charge in [0.05, 0.1) is 0 Å². The van der Waals surface area contributed by atoms with Crippen molar-refractivity contribution in [3.63, 3.8) is 0 Å². The number of hydrogen-bond acceptors (Lipinski definition) is 2. The van der Waals surface area contributed by atoms with Crippen LogP contribution in [-0.2, 0) is 16.0 Å². The molecule has 2 saturated carbocycles. The van der Waals surface area contributed by atoms with Gasteiger partial charge in [0.1, 0.15) is 0 Å². The second kappa shape index (κ2) is 5.66. The molecule has 0 spiro atoms. The molecule has 3 aliphatic rings. The third kappa shape index (κ3) is 2.99. The van der Waals surface area contributed by atoms with Crippen LogP contribution in [0.15, 0.2) is 18.2 Å². The van der Waals surface area contributed by atoms with E-state index in [1.54, 1.807) is 0 Å². The van der Waals surface area contributed by atoms with Crippen molar-refractivity contribution < 1.29 is 9.59 Å². The summed E-state index contributed by atoms with van der Waals surface area (Å²) in [5, 5.41) is 3.05. The molecular formula is C19H24N2O2. The number of aryl methyl sites for hydroxylation is 1. The number of fused-ring (bicyclic) bond motifs is 1.